The highest BCUT2D eigenvalue weighted by Gasteiger charge is 2.09. The average molecular weight is 476 g/mol. The van der Waals surface area contributed by atoms with Crippen molar-refractivity contribution in [1.29, 1.82) is 0 Å². The number of unbranched alkanes of at least 4 members (excludes halogenated alkanes) is 1. The summed E-state index contributed by atoms with van der Waals surface area (Å²) in [6, 6.07) is 2.45. The molecule has 5 N–H and O–H groups in total. The monoisotopic (exact) mass is 475 g/mol. The number of nitrogens with one attached hydrogen (secondary N) is 3. The van der Waals surface area contributed by atoms with Crippen molar-refractivity contribution < 1.29 is 19.8 Å². The molecule has 186 valence electrons. The lowest BCUT2D eigenvalue weighted by Crippen LogP contribution is -2.31. The lowest BCUT2D eigenvalue weighted by molar-refractivity contribution is -0.122. The van der Waals surface area contributed by atoms with E-state index >= 15 is 0 Å². The first-order valence-corrected chi connectivity index (χ1v) is 11.2. The second-order valence-electron chi connectivity index (χ2n) is 7.99. The van der Waals surface area contributed by atoms with Crippen molar-refractivity contribution in [1.82, 2.24) is 25.1 Å². The quantitative estimate of drug-likeness (QED) is 0.250. The van der Waals surface area contributed by atoms with Crippen LogP contribution in [0.4, 0.5) is 0 Å². The molecule has 0 aliphatic rings. The molecule has 34 heavy (non-hydrogen) atoms. The number of carbonyl (C=O) groups is 2. The van der Waals surface area contributed by atoms with Crippen LogP contribution in [0.15, 0.2) is 34.1 Å². The van der Waals surface area contributed by atoms with Crippen molar-refractivity contribution in [2.45, 2.75) is 46.2 Å². The lowest BCUT2D eigenvalue weighted by Gasteiger charge is -2.12. The average Bonchev–Trinajstić information content (AvgIpc) is 2.81. The maximum Gasteiger partial charge on any atom is 0.239 e. The third kappa shape index (κ3) is 8.07. The zero-order valence-electron chi connectivity index (χ0n) is 19.6. The van der Waals surface area contributed by atoms with Crippen molar-refractivity contribution in [3.8, 4) is 11.5 Å². The van der Waals surface area contributed by atoms with Crippen LogP contribution in [0.3, 0.4) is 0 Å². The summed E-state index contributed by atoms with van der Waals surface area (Å²) in [5.41, 5.74) is -0.225. The van der Waals surface area contributed by atoms with Gasteiger partial charge in [0.15, 0.2) is 11.5 Å². The molecule has 0 aromatic carbocycles. The van der Waals surface area contributed by atoms with Crippen LogP contribution in [0.1, 0.15) is 30.7 Å². The number of hydrogen-bond acceptors (Lipinski definition) is 7. The minimum atomic E-state index is -0.468. The van der Waals surface area contributed by atoms with Crippen LogP contribution in [-0.4, -0.2) is 57.3 Å². The van der Waals surface area contributed by atoms with Crippen LogP contribution >= 0.6 is 0 Å². The summed E-state index contributed by atoms with van der Waals surface area (Å²) in [5.74, 6) is -1.08. The smallest absolute Gasteiger partial charge is 0.239 e. The van der Waals surface area contributed by atoms with E-state index in [4.69, 9.17) is 0 Å². The molecule has 11 nitrogen and oxygen atoms in total. The number of rotatable bonds is 13. The lowest BCUT2D eigenvalue weighted by atomic mass is 10.3. The highest BCUT2D eigenvalue weighted by Crippen LogP contribution is 2.09. The minimum Gasteiger partial charge on any atom is -0.503 e. The van der Waals surface area contributed by atoms with Gasteiger partial charge in [0.1, 0.15) is 13.1 Å². The number of hydrogen-bond donors (Lipinski definition) is 5. The number of aromatic nitrogens is 2. The molecule has 11 heteroatoms. The van der Waals surface area contributed by atoms with E-state index in [2.05, 4.69) is 16.0 Å². The zero-order valence-corrected chi connectivity index (χ0v) is 19.6. The standard InChI is InChI=1S/C23H33N5O6/c1-16-22(33)18(29)6-12-27(16)14-20(31)25-10-4-3-8-24-9-5-11-26-21(32)15-28-13-7-19(30)23(34)17(28)2/h6-7,12-13,24,33-34H,3-5,8-11,14-15H2,1-2H3,(H,25,31)(H,26,32). The predicted molar refractivity (Wildman–Crippen MR) is 127 cm³/mol. The molecule has 0 saturated carbocycles. The first kappa shape index (κ1) is 26.7. The molecule has 0 unspecified atom stereocenters. The van der Waals surface area contributed by atoms with Gasteiger partial charge in [-0.05, 0) is 46.2 Å². The fourth-order valence-corrected chi connectivity index (χ4v) is 3.26. The van der Waals surface area contributed by atoms with E-state index in [0.717, 1.165) is 32.4 Å². The van der Waals surface area contributed by atoms with Crippen molar-refractivity contribution in [3.63, 3.8) is 0 Å². The largest absolute Gasteiger partial charge is 0.503 e. The Morgan fingerprint density at radius 2 is 1.15 bits per heavy atom. The topological polar surface area (TPSA) is 155 Å². The van der Waals surface area contributed by atoms with Crippen LogP contribution < -0.4 is 26.8 Å². The molecule has 2 amide bonds. The first-order chi connectivity index (χ1) is 16.2. The Labute approximate surface area is 197 Å². The SMILES string of the molecule is Cc1c(O)c(=O)ccn1CC(=O)NCCCCNCCCNC(=O)Cn1ccc(=O)c(O)c1C. The van der Waals surface area contributed by atoms with E-state index in [0.29, 0.717) is 24.5 Å². The Kier molecular flexibility index (Phi) is 10.3. The molecule has 0 atom stereocenters. The molecular formula is C23H33N5O6. The van der Waals surface area contributed by atoms with Gasteiger partial charge in [0.25, 0.3) is 0 Å². The third-order valence-corrected chi connectivity index (χ3v) is 5.41. The molecular weight excluding hydrogens is 442 g/mol. The van der Waals surface area contributed by atoms with Gasteiger partial charge in [0.05, 0.1) is 11.4 Å². The van der Waals surface area contributed by atoms with Crippen LogP contribution in [0.25, 0.3) is 0 Å². The van der Waals surface area contributed by atoms with Gasteiger partial charge in [-0.3, -0.25) is 19.2 Å². The highest BCUT2D eigenvalue weighted by molar-refractivity contribution is 5.76. The number of pyridine rings is 2. The Balaban J connectivity index is 1.50. The molecule has 2 aromatic heterocycles. The maximum absolute atomic E-state index is 12.0. The van der Waals surface area contributed by atoms with Gasteiger partial charge < -0.3 is 35.3 Å². The Bertz CT molecular complexity index is 1020. The summed E-state index contributed by atoms with van der Waals surface area (Å²) >= 11 is 0. The van der Waals surface area contributed by atoms with Gasteiger partial charge in [-0.15, -0.1) is 0 Å². The van der Waals surface area contributed by atoms with Gasteiger partial charge >= 0.3 is 0 Å². The molecule has 0 aliphatic heterocycles. The van der Waals surface area contributed by atoms with Crippen LogP contribution in [0.5, 0.6) is 11.5 Å². The second-order valence-corrected chi connectivity index (χ2v) is 7.99. The predicted octanol–water partition coefficient (Wildman–Crippen LogP) is -0.269. The van der Waals surface area contributed by atoms with Gasteiger partial charge in [0, 0.05) is 37.6 Å². The fourth-order valence-electron chi connectivity index (χ4n) is 3.26. The van der Waals surface area contributed by atoms with Gasteiger partial charge in [0.2, 0.25) is 22.7 Å². The molecule has 0 aliphatic carbocycles. The van der Waals surface area contributed by atoms with E-state index in [1.807, 2.05) is 0 Å². The zero-order chi connectivity index (χ0) is 25.1. The van der Waals surface area contributed by atoms with Crippen molar-refractivity contribution in [3.05, 3.63) is 56.4 Å². The summed E-state index contributed by atoms with van der Waals surface area (Å²) < 4.78 is 3.05. The normalized spacial score (nSPS) is 10.8. The van der Waals surface area contributed by atoms with Gasteiger partial charge in [-0.1, -0.05) is 0 Å². The number of amides is 2. The molecule has 0 spiro atoms. The summed E-state index contributed by atoms with van der Waals surface area (Å²) in [4.78, 5) is 46.7. The van der Waals surface area contributed by atoms with Crippen LogP contribution in [-0.2, 0) is 22.7 Å². The molecule has 0 bridgehead atoms. The highest BCUT2D eigenvalue weighted by atomic mass is 16.3. The minimum absolute atomic E-state index is 0.0298. The summed E-state index contributed by atoms with van der Waals surface area (Å²) in [5, 5.41) is 28.2. The Morgan fingerprint density at radius 3 is 1.65 bits per heavy atom. The molecule has 0 radical (unpaired) electrons. The van der Waals surface area contributed by atoms with Crippen molar-refractivity contribution in [2.75, 3.05) is 26.2 Å². The molecule has 0 saturated heterocycles. The van der Waals surface area contributed by atoms with E-state index in [1.165, 1.54) is 33.7 Å². The van der Waals surface area contributed by atoms with Crippen LogP contribution in [0, 0.1) is 13.8 Å². The molecule has 2 aromatic rings. The summed E-state index contributed by atoms with van der Waals surface area (Å²) in [6.45, 7) is 5.79. The molecule has 0 fully saturated rings. The number of aromatic hydroxyl groups is 2. The number of nitrogens with zero attached hydrogens (tertiary/aromatic N) is 2. The van der Waals surface area contributed by atoms with E-state index in [1.54, 1.807) is 13.8 Å². The molecule has 2 heterocycles. The van der Waals surface area contributed by atoms with E-state index in [-0.39, 0.29) is 36.4 Å². The van der Waals surface area contributed by atoms with Gasteiger partial charge in [-0.2, -0.15) is 0 Å². The summed E-state index contributed by atoms with van der Waals surface area (Å²) in [6.07, 6.45) is 5.40. The van der Waals surface area contributed by atoms with Crippen LogP contribution in [0.2, 0.25) is 0 Å². The molecule has 2 rings (SSSR count). The van der Waals surface area contributed by atoms with Gasteiger partial charge in [-0.25, -0.2) is 0 Å². The Morgan fingerprint density at radius 1 is 0.735 bits per heavy atom. The van der Waals surface area contributed by atoms with E-state index < -0.39 is 10.9 Å². The second kappa shape index (κ2) is 13.2. The van der Waals surface area contributed by atoms with Crippen molar-refractivity contribution in [2.24, 2.45) is 0 Å². The maximum atomic E-state index is 12.0. The fraction of sp³-hybridized carbons (Fsp3) is 0.478. The third-order valence-electron chi connectivity index (χ3n) is 5.41. The summed E-state index contributed by atoms with van der Waals surface area (Å²) in [7, 11) is 0. The number of carbonyl (C=O) groups excluding carboxylic acids is 2. The Hall–Kier alpha value is -3.60. The van der Waals surface area contributed by atoms with E-state index in [9.17, 15) is 29.4 Å². The van der Waals surface area contributed by atoms with Crippen molar-refractivity contribution >= 4 is 11.8 Å². The first-order valence-electron chi connectivity index (χ1n) is 11.2.